The Morgan fingerprint density at radius 2 is 2.24 bits per heavy atom. The van der Waals surface area contributed by atoms with Gasteiger partial charge in [0.25, 0.3) is 0 Å². The average molecular weight is 408 g/mol. The highest BCUT2D eigenvalue weighted by atomic mass is 127. The van der Waals surface area contributed by atoms with Gasteiger partial charge in [0, 0.05) is 39.0 Å². The zero-order chi connectivity index (χ0) is 14.8. The molecule has 7 heteroatoms. The summed E-state index contributed by atoms with van der Waals surface area (Å²) in [5.41, 5.74) is 1.09. The van der Waals surface area contributed by atoms with Crippen LogP contribution in [-0.4, -0.2) is 44.4 Å². The van der Waals surface area contributed by atoms with Gasteiger partial charge in [-0.25, -0.2) is 4.98 Å². The molecule has 1 rings (SSSR count). The number of nitrogens with zero attached hydrogens (tertiary/aromatic N) is 2. The Balaban J connectivity index is 0.00000400. The number of hydrogen-bond donors (Lipinski definition) is 2. The van der Waals surface area contributed by atoms with E-state index in [1.54, 1.807) is 20.4 Å². The zero-order valence-corrected chi connectivity index (χ0v) is 15.4. The quantitative estimate of drug-likeness (QED) is 0.409. The van der Waals surface area contributed by atoms with Gasteiger partial charge < -0.3 is 20.1 Å². The molecule has 0 amide bonds. The van der Waals surface area contributed by atoms with Gasteiger partial charge in [0.2, 0.25) is 5.88 Å². The first-order chi connectivity index (χ1) is 9.69. The first kappa shape index (κ1) is 19.9. The number of pyridine rings is 1. The summed E-state index contributed by atoms with van der Waals surface area (Å²) in [7, 11) is 3.42. The normalized spacial score (nSPS) is 12.3. The lowest BCUT2D eigenvalue weighted by atomic mass is 10.2. The van der Waals surface area contributed by atoms with Crippen LogP contribution >= 0.6 is 24.0 Å². The molecule has 21 heavy (non-hydrogen) atoms. The summed E-state index contributed by atoms with van der Waals surface area (Å²) in [6.45, 7) is 5.87. The Bertz CT molecular complexity index is 429. The minimum Gasteiger partial charge on any atom is -0.478 e. The Morgan fingerprint density at radius 3 is 2.86 bits per heavy atom. The molecule has 0 saturated carbocycles. The molecule has 0 aromatic carbocycles. The highest BCUT2D eigenvalue weighted by molar-refractivity contribution is 14.0. The van der Waals surface area contributed by atoms with E-state index in [1.165, 1.54) is 0 Å². The van der Waals surface area contributed by atoms with Crippen molar-refractivity contribution in [3.8, 4) is 5.88 Å². The summed E-state index contributed by atoms with van der Waals surface area (Å²) in [4.78, 5) is 8.31. The molecule has 120 valence electrons. The lowest BCUT2D eigenvalue weighted by Gasteiger charge is -2.17. The Labute approximate surface area is 143 Å². The standard InChI is InChI=1S/C14H24N4O2.HI/c1-5-20-13-8-12(6-7-16-13)9-17-14(15-3)18-11(2)10-19-4;/h6-8,11H,5,9-10H2,1-4H3,(H2,15,17,18);1H. The Kier molecular flexibility index (Phi) is 11.0. The number of aromatic nitrogens is 1. The van der Waals surface area contributed by atoms with Crippen LogP contribution in [0.2, 0.25) is 0 Å². The van der Waals surface area contributed by atoms with Crippen molar-refractivity contribution in [1.29, 1.82) is 0 Å². The van der Waals surface area contributed by atoms with Crippen molar-refractivity contribution in [2.45, 2.75) is 26.4 Å². The molecule has 0 bridgehead atoms. The summed E-state index contributed by atoms with van der Waals surface area (Å²) in [5, 5.41) is 6.49. The van der Waals surface area contributed by atoms with Crippen LogP contribution in [0.3, 0.4) is 0 Å². The monoisotopic (exact) mass is 408 g/mol. The van der Waals surface area contributed by atoms with Crippen LogP contribution < -0.4 is 15.4 Å². The number of hydrogen-bond acceptors (Lipinski definition) is 4. The Hall–Kier alpha value is -1.09. The zero-order valence-electron chi connectivity index (χ0n) is 13.0. The minimum absolute atomic E-state index is 0. The Morgan fingerprint density at radius 1 is 1.48 bits per heavy atom. The van der Waals surface area contributed by atoms with Crippen LogP contribution in [-0.2, 0) is 11.3 Å². The van der Waals surface area contributed by atoms with E-state index in [-0.39, 0.29) is 30.0 Å². The fourth-order valence-corrected chi connectivity index (χ4v) is 1.69. The van der Waals surface area contributed by atoms with Crippen LogP contribution in [0.5, 0.6) is 5.88 Å². The highest BCUT2D eigenvalue weighted by Gasteiger charge is 2.05. The predicted molar refractivity (Wildman–Crippen MR) is 95.5 cm³/mol. The number of guanidine groups is 1. The number of ether oxygens (including phenoxy) is 2. The van der Waals surface area contributed by atoms with E-state index < -0.39 is 0 Å². The van der Waals surface area contributed by atoms with Crippen molar-refractivity contribution in [2.24, 2.45) is 4.99 Å². The second-order valence-corrected chi connectivity index (χ2v) is 4.36. The third-order valence-electron chi connectivity index (χ3n) is 2.57. The third-order valence-corrected chi connectivity index (χ3v) is 2.57. The summed E-state index contributed by atoms with van der Waals surface area (Å²) in [6, 6.07) is 4.06. The van der Waals surface area contributed by atoms with E-state index in [4.69, 9.17) is 9.47 Å². The summed E-state index contributed by atoms with van der Waals surface area (Å²) in [6.07, 6.45) is 1.74. The van der Waals surface area contributed by atoms with Gasteiger partial charge in [-0.05, 0) is 25.5 Å². The molecule has 0 aliphatic carbocycles. The number of nitrogens with one attached hydrogen (secondary N) is 2. The molecule has 0 spiro atoms. The van der Waals surface area contributed by atoms with E-state index in [9.17, 15) is 0 Å². The number of methoxy groups -OCH3 is 1. The SMILES string of the molecule is CCOc1cc(CNC(=NC)NC(C)COC)ccn1.I. The minimum atomic E-state index is 0. The van der Waals surface area contributed by atoms with Gasteiger partial charge in [0.15, 0.2) is 5.96 Å². The van der Waals surface area contributed by atoms with Crippen molar-refractivity contribution < 1.29 is 9.47 Å². The maximum absolute atomic E-state index is 5.37. The van der Waals surface area contributed by atoms with Crippen LogP contribution in [0, 0.1) is 0 Å². The fourth-order valence-electron chi connectivity index (χ4n) is 1.69. The van der Waals surface area contributed by atoms with Crippen LogP contribution in [0.1, 0.15) is 19.4 Å². The molecule has 0 radical (unpaired) electrons. The van der Waals surface area contributed by atoms with Crippen molar-refractivity contribution in [2.75, 3.05) is 27.4 Å². The smallest absolute Gasteiger partial charge is 0.213 e. The van der Waals surface area contributed by atoms with Crippen LogP contribution in [0.25, 0.3) is 0 Å². The summed E-state index contributed by atoms with van der Waals surface area (Å²) < 4.78 is 10.5. The highest BCUT2D eigenvalue weighted by Crippen LogP contribution is 2.08. The van der Waals surface area contributed by atoms with Gasteiger partial charge >= 0.3 is 0 Å². The lowest BCUT2D eigenvalue weighted by Crippen LogP contribution is -2.43. The van der Waals surface area contributed by atoms with Crippen molar-refractivity contribution in [3.05, 3.63) is 23.9 Å². The molecule has 0 fully saturated rings. The number of halogens is 1. The molecule has 0 aliphatic heterocycles. The largest absolute Gasteiger partial charge is 0.478 e. The molecular weight excluding hydrogens is 383 g/mol. The topological polar surface area (TPSA) is 67.8 Å². The van der Waals surface area contributed by atoms with E-state index in [0.717, 1.165) is 11.5 Å². The molecule has 2 N–H and O–H groups in total. The van der Waals surface area contributed by atoms with Gasteiger partial charge in [-0.1, -0.05) is 0 Å². The average Bonchev–Trinajstić information content (AvgIpc) is 2.44. The van der Waals surface area contributed by atoms with Gasteiger partial charge in [-0.15, -0.1) is 24.0 Å². The maximum atomic E-state index is 5.37. The summed E-state index contributed by atoms with van der Waals surface area (Å²) >= 11 is 0. The van der Waals surface area contributed by atoms with Gasteiger partial charge in [-0.3, -0.25) is 4.99 Å². The van der Waals surface area contributed by atoms with Crippen molar-refractivity contribution >= 4 is 29.9 Å². The molecular formula is C14H25IN4O2. The molecule has 6 nitrogen and oxygen atoms in total. The van der Waals surface area contributed by atoms with E-state index in [1.807, 2.05) is 26.0 Å². The molecule has 1 aromatic heterocycles. The molecule has 1 aromatic rings. The van der Waals surface area contributed by atoms with Gasteiger partial charge in [0.1, 0.15) is 0 Å². The van der Waals surface area contributed by atoms with E-state index in [2.05, 4.69) is 20.6 Å². The molecule has 1 atom stereocenters. The summed E-state index contributed by atoms with van der Waals surface area (Å²) in [5.74, 6) is 1.38. The molecule has 1 unspecified atom stereocenters. The van der Waals surface area contributed by atoms with Crippen molar-refractivity contribution in [3.63, 3.8) is 0 Å². The number of aliphatic imine (C=N–C) groups is 1. The first-order valence-electron chi connectivity index (χ1n) is 6.73. The third kappa shape index (κ3) is 8.05. The van der Waals surface area contributed by atoms with Gasteiger partial charge in [-0.2, -0.15) is 0 Å². The van der Waals surface area contributed by atoms with Crippen LogP contribution in [0.15, 0.2) is 23.3 Å². The van der Waals surface area contributed by atoms with E-state index >= 15 is 0 Å². The predicted octanol–water partition coefficient (Wildman–Crippen LogP) is 1.80. The van der Waals surface area contributed by atoms with E-state index in [0.29, 0.717) is 25.6 Å². The second kappa shape index (κ2) is 11.6. The maximum Gasteiger partial charge on any atom is 0.213 e. The first-order valence-corrected chi connectivity index (χ1v) is 6.73. The lowest BCUT2D eigenvalue weighted by molar-refractivity contribution is 0.179. The fraction of sp³-hybridized carbons (Fsp3) is 0.571. The van der Waals surface area contributed by atoms with Crippen molar-refractivity contribution in [1.82, 2.24) is 15.6 Å². The molecule has 0 saturated heterocycles. The van der Waals surface area contributed by atoms with Crippen LogP contribution in [0.4, 0.5) is 0 Å². The second-order valence-electron chi connectivity index (χ2n) is 4.36. The number of rotatable bonds is 7. The molecule has 1 heterocycles. The molecule has 0 aliphatic rings. The van der Waals surface area contributed by atoms with Gasteiger partial charge in [0.05, 0.1) is 13.2 Å².